The molecule has 0 unspecified atom stereocenters. The standard InChI is InChI=1S/C12H20N2OSi.C5H9N2O4P/c1-6-12-9-13-11(2)14(12)10-15-7-8-16(3,4)5;1-4(8)5(7-6)12(9,10-2)11-3/h1,9H,7-8,10H2,2-5H3;1-3H3. The molecule has 0 saturated carbocycles. The van der Waals surface area contributed by atoms with Gasteiger partial charge in [0.1, 0.15) is 18.2 Å². The van der Waals surface area contributed by atoms with Gasteiger partial charge in [-0.2, -0.15) is 4.79 Å². The molecule has 9 nitrogen and oxygen atoms in total. The number of aromatic nitrogens is 2. The first-order valence-corrected chi connectivity index (χ1v) is 13.7. The van der Waals surface area contributed by atoms with E-state index in [1.165, 1.54) is 6.04 Å². The van der Waals surface area contributed by atoms with Crippen molar-refractivity contribution in [2.75, 3.05) is 20.8 Å². The average molecular weight is 429 g/mol. The van der Waals surface area contributed by atoms with Gasteiger partial charge in [0.2, 0.25) is 5.78 Å². The lowest BCUT2D eigenvalue weighted by molar-refractivity contribution is -0.114. The molecule has 28 heavy (non-hydrogen) atoms. The summed E-state index contributed by atoms with van der Waals surface area (Å²) >= 11 is 0. The lowest BCUT2D eigenvalue weighted by atomic mass is 10.5. The number of terminal acetylenes is 1. The molecule has 0 fully saturated rings. The van der Waals surface area contributed by atoms with Gasteiger partial charge >= 0.3 is 13.0 Å². The molecule has 0 spiro atoms. The lowest BCUT2D eigenvalue weighted by Gasteiger charge is -2.16. The number of carbonyl (C=O) groups is 1. The molecule has 0 bridgehead atoms. The molecule has 11 heteroatoms. The SMILES string of the molecule is C#Cc1cnc(C)n1COCC[Si](C)(C)C.COP(=O)(OC)C(=[N+]=[N-])C(C)=O. The van der Waals surface area contributed by atoms with E-state index in [0.29, 0.717) is 6.73 Å². The Bertz CT molecular complexity index is 795. The Morgan fingerprint density at radius 2 is 1.96 bits per heavy atom. The fourth-order valence-electron chi connectivity index (χ4n) is 1.85. The highest BCUT2D eigenvalue weighted by Gasteiger charge is 2.41. The summed E-state index contributed by atoms with van der Waals surface area (Å²) in [5.74, 6) is 2.84. The van der Waals surface area contributed by atoms with Crippen LogP contribution in [0.3, 0.4) is 0 Å². The van der Waals surface area contributed by atoms with E-state index in [1.807, 2.05) is 11.5 Å². The molecule has 0 radical (unpaired) electrons. The van der Waals surface area contributed by atoms with Gasteiger partial charge in [0, 0.05) is 35.8 Å². The van der Waals surface area contributed by atoms with Crippen LogP contribution in [0.2, 0.25) is 25.7 Å². The van der Waals surface area contributed by atoms with Crippen molar-refractivity contribution in [2.24, 2.45) is 0 Å². The van der Waals surface area contributed by atoms with Gasteiger partial charge in [0.05, 0.1) is 6.20 Å². The second-order valence-electron chi connectivity index (χ2n) is 6.95. The third kappa shape index (κ3) is 8.44. The van der Waals surface area contributed by atoms with Gasteiger partial charge in [0.25, 0.3) is 0 Å². The number of rotatable bonds is 9. The van der Waals surface area contributed by atoms with Crippen molar-refractivity contribution in [3.63, 3.8) is 0 Å². The largest absolute Gasteiger partial charge is 0.446 e. The molecule has 1 aromatic rings. The molecule has 0 aliphatic rings. The predicted molar refractivity (Wildman–Crippen MR) is 110 cm³/mol. The normalized spacial score (nSPS) is 11.1. The van der Waals surface area contributed by atoms with Crippen LogP contribution in [-0.2, 0) is 29.9 Å². The van der Waals surface area contributed by atoms with Crippen LogP contribution in [-0.4, -0.2) is 54.5 Å². The van der Waals surface area contributed by atoms with Gasteiger partial charge in [-0.3, -0.25) is 9.36 Å². The van der Waals surface area contributed by atoms with Crippen LogP contribution in [0.5, 0.6) is 0 Å². The van der Waals surface area contributed by atoms with Crippen molar-refractivity contribution in [3.8, 4) is 12.3 Å². The zero-order chi connectivity index (χ0) is 22.0. The summed E-state index contributed by atoms with van der Waals surface area (Å²) in [6.07, 6.45) is 7.08. The van der Waals surface area contributed by atoms with E-state index >= 15 is 0 Å². The summed E-state index contributed by atoms with van der Waals surface area (Å²) in [5.41, 5.74) is 8.51. The van der Waals surface area contributed by atoms with Crippen molar-refractivity contribution in [1.82, 2.24) is 9.55 Å². The number of imidazole rings is 1. The van der Waals surface area contributed by atoms with Crippen molar-refractivity contribution in [2.45, 2.75) is 46.3 Å². The molecule has 156 valence electrons. The van der Waals surface area contributed by atoms with E-state index in [0.717, 1.165) is 39.3 Å². The lowest BCUT2D eigenvalue weighted by Crippen LogP contribution is -2.22. The maximum Gasteiger partial charge on any atom is 0.446 e. The third-order valence-electron chi connectivity index (χ3n) is 3.57. The molecule has 0 aliphatic heterocycles. The number of ketones is 1. The Labute approximate surface area is 167 Å². The van der Waals surface area contributed by atoms with Crippen molar-refractivity contribution < 1.29 is 27.9 Å². The number of hydrogen-bond donors (Lipinski definition) is 0. The smallest absolute Gasteiger partial charge is 0.361 e. The number of carbonyl (C=O) groups excluding carboxylic acids is 1. The number of ether oxygens (including phenoxy) is 1. The minimum Gasteiger partial charge on any atom is -0.361 e. The first-order valence-electron chi connectivity index (χ1n) is 8.47. The summed E-state index contributed by atoms with van der Waals surface area (Å²) < 4.78 is 27.8. The molecule has 0 atom stereocenters. The summed E-state index contributed by atoms with van der Waals surface area (Å²) in [4.78, 5) is 17.4. The zero-order valence-electron chi connectivity index (χ0n) is 17.6. The Morgan fingerprint density at radius 3 is 2.32 bits per heavy atom. The molecule has 1 aromatic heterocycles. The monoisotopic (exact) mass is 428 g/mol. The fourth-order valence-corrected chi connectivity index (χ4v) is 3.59. The molecule has 0 aliphatic carbocycles. The van der Waals surface area contributed by atoms with Crippen molar-refractivity contribution in [3.05, 3.63) is 23.2 Å². The molecular weight excluding hydrogens is 399 g/mol. The van der Waals surface area contributed by atoms with Crippen LogP contribution in [0, 0.1) is 19.3 Å². The Balaban J connectivity index is 0.000000546. The molecule has 1 rings (SSSR count). The van der Waals surface area contributed by atoms with Crippen LogP contribution in [0.4, 0.5) is 0 Å². The molecule has 0 aromatic carbocycles. The highest BCUT2D eigenvalue weighted by Crippen LogP contribution is 2.47. The Hall–Kier alpha value is -1.85. The average Bonchev–Trinajstić information content (AvgIpc) is 2.98. The minimum absolute atomic E-state index is 0.510. The van der Waals surface area contributed by atoms with Crippen molar-refractivity contribution in [1.29, 1.82) is 0 Å². The van der Waals surface area contributed by atoms with E-state index in [9.17, 15) is 9.36 Å². The van der Waals surface area contributed by atoms with Gasteiger partial charge in [-0.25, -0.2) is 9.55 Å². The quantitative estimate of drug-likeness (QED) is 0.113. The maximum absolute atomic E-state index is 11.4. The van der Waals surface area contributed by atoms with E-state index in [1.54, 1.807) is 6.20 Å². The van der Waals surface area contributed by atoms with Crippen molar-refractivity contribution >= 4 is 26.9 Å². The summed E-state index contributed by atoms with van der Waals surface area (Å²) in [5, 5.41) is 0. The number of aryl methyl sites for hydroxylation is 1. The molecule has 0 N–H and O–H groups in total. The second-order valence-corrected chi connectivity index (χ2v) is 14.7. The number of nitrogens with zero attached hydrogens (tertiary/aromatic N) is 4. The Morgan fingerprint density at radius 1 is 1.39 bits per heavy atom. The maximum atomic E-state index is 11.4. The fraction of sp³-hybridized carbons (Fsp3) is 0.588. The second kappa shape index (κ2) is 11.9. The number of hydrogen-bond acceptors (Lipinski definition) is 6. The molecular formula is C17H29N4O5PSi. The van der Waals surface area contributed by atoms with E-state index < -0.39 is 26.9 Å². The van der Waals surface area contributed by atoms with Gasteiger partial charge in [0.15, 0.2) is 0 Å². The van der Waals surface area contributed by atoms with Crippen LogP contribution in [0.1, 0.15) is 18.4 Å². The van der Waals surface area contributed by atoms with Crippen LogP contribution in [0.15, 0.2) is 6.20 Å². The molecule has 0 saturated heterocycles. The van der Waals surface area contributed by atoms with E-state index in [4.69, 9.17) is 16.7 Å². The first kappa shape index (κ1) is 26.1. The Kier molecular flexibility index (Phi) is 11.1. The number of Topliss-reactive ketones (excluding diaryl/α,β-unsaturated/α-hetero) is 1. The van der Waals surface area contributed by atoms with Crippen LogP contribution >= 0.6 is 7.60 Å². The van der Waals surface area contributed by atoms with Gasteiger partial charge in [-0.15, -0.1) is 6.42 Å². The van der Waals surface area contributed by atoms with Gasteiger partial charge in [-0.1, -0.05) is 25.6 Å². The predicted octanol–water partition coefficient (Wildman–Crippen LogP) is 3.17. The third-order valence-corrected chi connectivity index (χ3v) is 7.16. The van der Waals surface area contributed by atoms with Gasteiger partial charge < -0.3 is 19.3 Å². The summed E-state index contributed by atoms with van der Waals surface area (Å²) in [7, 11) is -2.51. The van der Waals surface area contributed by atoms with Crippen LogP contribution in [0.25, 0.3) is 5.53 Å². The van der Waals surface area contributed by atoms with E-state index in [2.05, 4.69) is 44.4 Å². The topological polar surface area (TPSA) is 116 Å². The molecule has 1 heterocycles. The summed E-state index contributed by atoms with van der Waals surface area (Å²) in [6.45, 7) is 11.4. The minimum atomic E-state index is -3.70. The zero-order valence-corrected chi connectivity index (χ0v) is 19.4. The van der Waals surface area contributed by atoms with Gasteiger partial charge in [-0.05, 0) is 13.0 Å². The highest BCUT2D eigenvalue weighted by molar-refractivity contribution is 7.74. The first-order chi connectivity index (χ1) is 13.0. The summed E-state index contributed by atoms with van der Waals surface area (Å²) in [6, 6.07) is 1.17. The van der Waals surface area contributed by atoms with Crippen LogP contribution < -0.4 is 0 Å². The van der Waals surface area contributed by atoms with E-state index in [-0.39, 0.29) is 0 Å². The highest BCUT2D eigenvalue weighted by atomic mass is 31.2. The molecule has 0 amide bonds.